The number of nitrogens with one attached hydrogen (secondary N) is 1. The topological polar surface area (TPSA) is 135 Å². The first kappa shape index (κ1) is 26.5. The van der Waals surface area contributed by atoms with E-state index in [0.29, 0.717) is 29.9 Å². The predicted octanol–water partition coefficient (Wildman–Crippen LogP) is 3.21. The van der Waals surface area contributed by atoms with Gasteiger partial charge in [0, 0.05) is 55.6 Å². The van der Waals surface area contributed by atoms with Crippen LogP contribution in [0.15, 0.2) is 36.7 Å². The van der Waals surface area contributed by atoms with Gasteiger partial charge >= 0.3 is 0 Å². The number of carbonyl (C=O) groups excluding carboxylic acids is 2. The van der Waals surface area contributed by atoms with Gasteiger partial charge in [0.25, 0.3) is 5.91 Å². The van der Waals surface area contributed by atoms with Crippen LogP contribution in [-0.2, 0) is 23.4 Å². The highest BCUT2D eigenvalue weighted by atomic mass is 19.1. The van der Waals surface area contributed by atoms with Crippen molar-refractivity contribution < 1.29 is 18.4 Å². The van der Waals surface area contributed by atoms with Crippen LogP contribution in [0.2, 0.25) is 0 Å². The van der Waals surface area contributed by atoms with Crippen LogP contribution in [0.25, 0.3) is 11.3 Å². The van der Waals surface area contributed by atoms with Crippen LogP contribution in [0.1, 0.15) is 48.5 Å². The Labute approximate surface area is 224 Å². The molecule has 2 amide bonds. The molecule has 3 heterocycles. The fourth-order valence-corrected chi connectivity index (χ4v) is 5.02. The Bertz CT molecular complexity index is 1440. The number of nitriles is 1. The highest BCUT2D eigenvalue weighted by molar-refractivity contribution is 6.02. The lowest BCUT2D eigenvalue weighted by atomic mass is 9.83. The summed E-state index contributed by atoms with van der Waals surface area (Å²) in [5.74, 6) is -1.65. The van der Waals surface area contributed by atoms with Gasteiger partial charge in [-0.3, -0.25) is 23.9 Å². The Kier molecular flexibility index (Phi) is 7.18. The minimum atomic E-state index is -1.56. The number of aryl methyl sites for hydroxylation is 1. The van der Waals surface area contributed by atoms with Gasteiger partial charge in [0.1, 0.15) is 23.1 Å². The molecule has 5 rings (SSSR count). The minimum Gasteiger partial charge on any atom is -0.365 e. The molecule has 3 aromatic rings. The lowest BCUT2D eigenvalue weighted by Crippen LogP contribution is -2.54. The van der Waals surface area contributed by atoms with E-state index in [0.717, 1.165) is 12.8 Å². The molecule has 2 aromatic heterocycles. The van der Waals surface area contributed by atoms with E-state index in [4.69, 9.17) is 5.73 Å². The van der Waals surface area contributed by atoms with Gasteiger partial charge in [-0.1, -0.05) is 12.1 Å². The number of hydrogen-bond acceptors (Lipinski definition) is 6. The monoisotopic (exact) mass is 536 g/mol. The fraction of sp³-hybridized carbons (Fsp3) is 0.444. The summed E-state index contributed by atoms with van der Waals surface area (Å²) in [7, 11) is 0. The van der Waals surface area contributed by atoms with Crippen LogP contribution < -0.4 is 11.1 Å². The smallest absolute Gasteiger partial charge is 0.254 e. The first-order chi connectivity index (χ1) is 18.7. The Morgan fingerprint density at radius 3 is 2.69 bits per heavy atom. The number of hydrogen-bond donors (Lipinski definition) is 2. The van der Waals surface area contributed by atoms with E-state index in [-0.39, 0.29) is 49.1 Å². The van der Waals surface area contributed by atoms with E-state index >= 15 is 8.78 Å². The number of amides is 2. The largest absolute Gasteiger partial charge is 0.365 e. The molecule has 1 aromatic carbocycles. The van der Waals surface area contributed by atoms with Crippen molar-refractivity contribution in [2.45, 2.75) is 57.4 Å². The fourth-order valence-electron chi connectivity index (χ4n) is 5.02. The van der Waals surface area contributed by atoms with Gasteiger partial charge in [-0.25, -0.2) is 8.78 Å². The molecule has 10 nitrogen and oxygen atoms in total. The summed E-state index contributed by atoms with van der Waals surface area (Å²) >= 11 is 0. The zero-order valence-corrected chi connectivity index (χ0v) is 21.6. The predicted molar refractivity (Wildman–Crippen MR) is 138 cm³/mol. The quantitative estimate of drug-likeness (QED) is 0.431. The second kappa shape index (κ2) is 10.6. The van der Waals surface area contributed by atoms with E-state index in [1.54, 1.807) is 21.7 Å². The molecule has 39 heavy (non-hydrogen) atoms. The molecular formula is C27H30F2N8O2. The summed E-state index contributed by atoms with van der Waals surface area (Å²) in [6, 6.07) is 8.78. The number of likely N-dealkylation sites (tertiary alicyclic amines) is 1. The molecule has 0 bridgehead atoms. The molecule has 0 radical (unpaired) electrons. The van der Waals surface area contributed by atoms with Crippen molar-refractivity contribution in [3.63, 3.8) is 0 Å². The number of nitrogens with zero attached hydrogens (tertiary/aromatic N) is 6. The molecule has 2 atom stereocenters. The van der Waals surface area contributed by atoms with E-state index in [9.17, 15) is 14.9 Å². The van der Waals surface area contributed by atoms with Gasteiger partial charge < -0.3 is 11.1 Å². The standard InChI is InChI=1S/C27H30F2N8O2/c1-2-36-11-7-22(33-36)18-5-6-19(21(28)13-18)14-35-12-9-27(8-10-30,23(29)16-35)37-15-20(24(31)38)25(34-37)32-26(39)17-3-4-17/h5-7,11,13,15,17,23H,2-4,8-9,12,14,16H2,1H3,(H2,31,38)(H,32,34,39). The molecule has 1 saturated heterocycles. The number of carbonyl (C=O) groups is 2. The number of aromatic nitrogens is 4. The third-order valence-electron chi connectivity index (χ3n) is 7.58. The first-order valence-electron chi connectivity index (χ1n) is 13.0. The maximum absolute atomic E-state index is 15.9. The van der Waals surface area contributed by atoms with Crippen molar-refractivity contribution >= 4 is 17.6 Å². The molecule has 2 fully saturated rings. The number of rotatable bonds is 9. The van der Waals surface area contributed by atoms with Crippen LogP contribution in [0, 0.1) is 23.1 Å². The number of primary amides is 1. The van der Waals surface area contributed by atoms with Crippen molar-refractivity contribution in [3.05, 3.63) is 53.6 Å². The molecule has 2 unspecified atom stereocenters. The number of piperidine rings is 1. The molecule has 1 aliphatic carbocycles. The third-order valence-corrected chi connectivity index (χ3v) is 7.58. The Morgan fingerprint density at radius 1 is 1.28 bits per heavy atom. The lowest BCUT2D eigenvalue weighted by molar-refractivity contribution is -0.117. The molecule has 12 heteroatoms. The summed E-state index contributed by atoms with van der Waals surface area (Å²) in [4.78, 5) is 26.1. The molecule has 0 spiro atoms. The second-order valence-electron chi connectivity index (χ2n) is 10.2. The van der Waals surface area contributed by atoms with Crippen LogP contribution in [0.5, 0.6) is 0 Å². The van der Waals surface area contributed by atoms with E-state index in [2.05, 4.69) is 15.5 Å². The number of nitrogens with two attached hydrogens (primary N) is 1. The minimum absolute atomic E-state index is 0.0303. The average Bonchev–Trinajstić information content (AvgIpc) is 3.50. The van der Waals surface area contributed by atoms with Crippen molar-refractivity contribution in [2.75, 3.05) is 18.4 Å². The summed E-state index contributed by atoms with van der Waals surface area (Å²) in [6.07, 6.45) is 3.08. The summed E-state index contributed by atoms with van der Waals surface area (Å²) in [6.45, 7) is 3.16. The van der Waals surface area contributed by atoms with E-state index in [1.807, 2.05) is 25.3 Å². The van der Waals surface area contributed by atoms with Crippen LogP contribution in [0.3, 0.4) is 0 Å². The highest BCUT2D eigenvalue weighted by Gasteiger charge is 2.47. The van der Waals surface area contributed by atoms with Crippen molar-refractivity contribution in [1.29, 1.82) is 5.26 Å². The van der Waals surface area contributed by atoms with Gasteiger partial charge in [-0.2, -0.15) is 15.5 Å². The zero-order chi connectivity index (χ0) is 27.7. The number of benzene rings is 1. The van der Waals surface area contributed by atoms with Crippen LogP contribution >= 0.6 is 0 Å². The molecule has 1 aliphatic heterocycles. The zero-order valence-electron chi connectivity index (χ0n) is 21.6. The summed E-state index contributed by atoms with van der Waals surface area (Å²) in [5, 5.41) is 20.9. The van der Waals surface area contributed by atoms with Crippen LogP contribution in [0.4, 0.5) is 14.6 Å². The van der Waals surface area contributed by atoms with Crippen LogP contribution in [-0.4, -0.2) is 55.5 Å². The van der Waals surface area contributed by atoms with Crippen molar-refractivity contribution in [2.24, 2.45) is 11.7 Å². The molecular weight excluding hydrogens is 506 g/mol. The molecule has 2 aliphatic rings. The summed E-state index contributed by atoms with van der Waals surface area (Å²) < 4.78 is 34.0. The van der Waals surface area contributed by atoms with E-state index < -0.39 is 23.4 Å². The molecule has 204 valence electrons. The number of halogens is 2. The number of anilines is 1. The Balaban J connectivity index is 1.33. The lowest BCUT2D eigenvalue weighted by Gasteiger charge is -2.43. The van der Waals surface area contributed by atoms with E-state index in [1.165, 1.54) is 16.9 Å². The molecule has 1 saturated carbocycles. The Hall–Kier alpha value is -4.11. The van der Waals surface area contributed by atoms with Gasteiger partial charge in [0.2, 0.25) is 5.91 Å². The molecule has 3 N–H and O–H groups in total. The maximum Gasteiger partial charge on any atom is 0.254 e. The van der Waals surface area contributed by atoms with Crippen molar-refractivity contribution in [1.82, 2.24) is 24.5 Å². The number of alkyl halides is 1. The van der Waals surface area contributed by atoms with Crippen molar-refractivity contribution in [3.8, 4) is 17.3 Å². The first-order valence-corrected chi connectivity index (χ1v) is 13.0. The Morgan fingerprint density at radius 2 is 2.08 bits per heavy atom. The van der Waals surface area contributed by atoms with Gasteiger partial charge in [-0.15, -0.1) is 0 Å². The van der Waals surface area contributed by atoms with Gasteiger partial charge in [0.15, 0.2) is 5.82 Å². The highest BCUT2D eigenvalue weighted by Crippen LogP contribution is 2.38. The van der Waals surface area contributed by atoms with Gasteiger partial charge in [0.05, 0.1) is 18.2 Å². The van der Waals surface area contributed by atoms with Gasteiger partial charge in [-0.05, 0) is 38.3 Å². The third kappa shape index (κ3) is 5.27. The summed E-state index contributed by atoms with van der Waals surface area (Å²) in [5.41, 5.74) is 5.86. The maximum atomic E-state index is 15.9. The average molecular weight is 537 g/mol. The normalized spacial score (nSPS) is 21.4. The SMILES string of the molecule is CCn1ccc(-c2ccc(CN3CCC(CC#N)(n4cc(C(N)=O)c(NC(=O)C5CC5)n4)C(F)C3)c(F)c2)n1. The second-order valence-corrected chi connectivity index (χ2v) is 10.2.